The SMILES string of the molecule is O=C(OCC1OC(n2ccc(=O)[nH]c2=O)CC1OC(=O)C(F)(F)F)C(F)(F)F. The first-order chi connectivity index (χ1) is 12.8. The van der Waals surface area contributed by atoms with E-state index in [1.807, 2.05) is 4.98 Å². The molecule has 2 rings (SSSR count). The maximum Gasteiger partial charge on any atom is 0.490 e. The number of hydrogen-bond acceptors (Lipinski definition) is 7. The van der Waals surface area contributed by atoms with E-state index >= 15 is 0 Å². The Bertz CT molecular complexity index is 858. The number of aromatic amines is 1. The molecule has 0 spiro atoms. The molecule has 1 fully saturated rings. The highest BCUT2D eigenvalue weighted by Gasteiger charge is 2.48. The smallest absolute Gasteiger partial charge is 0.456 e. The Balaban J connectivity index is 2.20. The molecule has 1 aromatic heterocycles. The van der Waals surface area contributed by atoms with Crippen molar-refractivity contribution in [3.8, 4) is 0 Å². The monoisotopic (exact) mass is 420 g/mol. The molecule has 0 amide bonds. The number of esters is 2. The predicted octanol–water partition coefficient (Wildman–Crippen LogP) is 0.404. The van der Waals surface area contributed by atoms with E-state index in [2.05, 4.69) is 9.47 Å². The van der Waals surface area contributed by atoms with Crippen molar-refractivity contribution in [2.45, 2.75) is 37.2 Å². The second-order valence-corrected chi connectivity index (χ2v) is 5.42. The lowest BCUT2D eigenvalue weighted by molar-refractivity contribution is -0.212. The van der Waals surface area contributed by atoms with Crippen LogP contribution in [0.4, 0.5) is 26.3 Å². The van der Waals surface area contributed by atoms with Crippen LogP contribution in [0.25, 0.3) is 0 Å². The molecule has 3 unspecified atom stereocenters. The molecular weight excluding hydrogens is 410 g/mol. The van der Waals surface area contributed by atoms with E-state index in [0.717, 1.165) is 12.3 Å². The van der Waals surface area contributed by atoms with Gasteiger partial charge in [0.25, 0.3) is 5.56 Å². The summed E-state index contributed by atoms with van der Waals surface area (Å²) < 4.78 is 87.6. The predicted molar refractivity (Wildman–Crippen MR) is 72.8 cm³/mol. The van der Waals surface area contributed by atoms with Crippen molar-refractivity contribution in [1.82, 2.24) is 9.55 Å². The first-order valence-corrected chi connectivity index (χ1v) is 7.27. The Kier molecular flexibility index (Phi) is 5.86. The topological polar surface area (TPSA) is 117 Å². The third kappa shape index (κ3) is 5.11. The molecule has 0 aliphatic carbocycles. The van der Waals surface area contributed by atoms with Crippen LogP contribution in [-0.2, 0) is 23.8 Å². The maximum absolute atomic E-state index is 12.4. The number of H-pyrrole nitrogens is 1. The molecule has 0 radical (unpaired) electrons. The molecule has 2 heterocycles. The van der Waals surface area contributed by atoms with Gasteiger partial charge in [-0.05, 0) is 0 Å². The molecule has 28 heavy (non-hydrogen) atoms. The fourth-order valence-electron chi connectivity index (χ4n) is 2.24. The van der Waals surface area contributed by atoms with Crippen molar-refractivity contribution in [2.75, 3.05) is 6.61 Å². The number of nitrogens with zero attached hydrogens (tertiary/aromatic N) is 1. The van der Waals surface area contributed by atoms with Gasteiger partial charge in [-0.1, -0.05) is 0 Å². The quantitative estimate of drug-likeness (QED) is 0.554. The van der Waals surface area contributed by atoms with Gasteiger partial charge < -0.3 is 14.2 Å². The van der Waals surface area contributed by atoms with Gasteiger partial charge in [-0.2, -0.15) is 26.3 Å². The summed E-state index contributed by atoms with van der Waals surface area (Å²) in [5.74, 6) is -5.29. The number of carbonyl (C=O) groups excluding carboxylic acids is 2. The highest BCUT2D eigenvalue weighted by Crippen LogP contribution is 2.32. The largest absolute Gasteiger partial charge is 0.490 e. The van der Waals surface area contributed by atoms with Gasteiger partial charge in [0, 0.05) is 18.7 Å². The van der Waals surface area contributed by atoms with Crippen LogP contribution in [0.3, 0.4) is 0 Å². The van der Waals surface area contributed by atoms with Crippen LogP contribution in [0, 0.1) is 0 Å². The molecule has 3 atom stereocenters. The summed E-state index contributed by atoms with van der Waals surface area (Å²) in [6.45, 7) is -1.21. The minimum absolute atomic E-state index is 0.595. The number of aromatic nitrogens is 2. The summed E-state index contributed by atoms with van der Waals surface area (Å²) >= 11 is 0. The molecule has 1 aliphatic heterocycles. The van der Waals surface area contributed by atoms with Crippen LogP contribution >= 0.6 is 0 Å². The summed E-state index contributed by atoms with van der Waals surface area (Å²) in [6.07, 6.45) is -15.4. The highest BCUT2D eigenvalue weighted by atomic mass is 19.4. The molecule has 9 nitrogen and oxygen atoms in total. The Hall–Kier alpha value is -2.84. The van der Waals surface area contributed by atoms with Gasteiger partial charge in [-0.3, -0.25) is 14.3 Å². The second-order valence-electron chi connectivity index (χ2n) is 5.42. The van der Waals surface area contributed by atoms with Gasteiger partial charge in [0.1, 0.15) is 25.0 Å². The molecule has 0 aromatic carbocycles. The lowest BCUT2D eigenvalue weighted by Crippen LogP contribution is -2.38. The van der Waals surface area contributed by atoms with E-state index in [9.17, 15) is 45.5 Å². The minimum atomic E-state index is -5.40. The molecule has 1 aliphatic rings. The van der Waals surface area contributed by atoms with Crippen molar-refractivity contribution in [1.29, 1.82) is 0 Å². The van der Waals surface area contributed by atoms with Crippen LogP contribution in [0.15, 0.2) is 21.9 Å². The molecule has 1 aromatic rings. The van der Waals surface area contributed by atoms with Gasteiger partial charge in [-0.25, -0.2) is 14.4 Å². The number of carbonyl (C=O) groups is 2. The van der Waals surface area contributed by atoms with Crippen LogP contribution in [-0.4, -0.2) is 52.7 Å². The number of nitrogens with one attached hydrogen (secondary N) is 1. The Morgan fingerprint density at radius 3 is 2.29 bits per heavy atom. The fourth-order valence-corrected chi connectivity index (χ4v) is 2.24. The lowest BCUT2D eigenvalue weighted by Gasteiger charge is -2.19. The fraction of sp³-hybridized carbons (Fsp3) is 0.538. The van der Waals surface area contributed by atoms with Crippen molar-refractivity contribution in [3.05, 3.63) is 33.1 Å². The Labute approximate surface area is 149 Å². The van der Waals surface area contributed by atoms with Crippen LogP contribution < -0.4 is 11.2 Å². The molecule has 1 N–H and O–H groups in total. The van der Waals surface area contributed by atoms with E-state index < -0.39 is 67.0 Å². The number of rotatable bonds is 4. The van der Waals surface area contributed by atoms with Crippen LogP contribution in [0.1, 0.15) is 12.6 Å². The molecule has 1 saturated heterocycles. The zero-order valence-corrected chi connectivity index (χ0v) is 13.4. The van der Waals surface area contributed by atoms with Crippen molar-refractivity contribution >= 4 is 11.9 Å². The summed E-state index contributed by atoms with van der Waals surface area (Å²) in [5, 5.41) is 0. The Morgan fingerprint density at radius 2 is 1.75 bits per heavy atom. The number of hydrogen-bond donors (Lipinski definition) is 1. The zero-order valence-electron chi connectivity index (χ0n) is 13.4. The Morgan fingerprint density at radius 1 is 1.14 bits per heavy atom. The number of ether oxygens (including phenoxy) is 3. The van der Waals surface area contributed by atoms with E-state index in [-0.39, 0.29) is 0 Å². The highest BCUT2D eigenvalue weighted by molar-refractivity contribution is 5.76. The number of alkyl halides is 6. The minimum Gasteiger partial charge on any atom is -0.456 e. The summed E-state index contributed by atoms with van der Waals surface area (Å²) in [7, 11) is 0. The van der Waals surface area contributed by atoms with Gasteiger partial charge in [-0.15, -0.1) is 0 Å². The van der Waals surface area contributed by atoms with Crippen molar-refractivity contribution in [2.24, 2.45) is 0 Å². The van der Waals surface area contributed by atoms with Crippen molar-refractivity contribution in [3.63, 3.8) is 0 Å². The third-order valence-electron chi connectivity index (χ3n) is 3.44. The maximum atomic E-state index is 12.4. The van der Waals surface area contributed by atoms with Gasteiger partial charge in [0.05, 0.1) is 0 Å². The molecule has 0 saturated carbocycles. The number of halogens is 6. The van der Waals surface area contributed by atoms with Crippen molar-refractivity contribution < 1.29 is 50.1 Å². The molecular formula is C13H10F6N2O7. The molecule has 15 heteroatoms. The molecule has 0 bridgehead atoms. The van der Waals surface area contributed by atoms with Gasteiger partial charge in [0.15, 0.2) is 0 Å². The first kappa shape index (κ1) is 21.5. The average Bonchev–Trinajstić information content (AvgIpc) is 2.93. The summed E-state index contributed by atoms with van der Waals surface area (Å²) in [6, 6.07) is 0.874. The van der Waals surface area contributed by atoms with E-state index in [4.69, 9.17) is 4.74 Å². The average molecular weight is 420 g/mol. The second kappa shape index (κ2) is 7.65. The zero-order chi connectivity index (χ0) is 21.3. The standard InChI is InChI=1S/C13H10F6N2O7/c14-12(15,16)9(23)26-4-6-5(28-10(24)13(17,18)19)3-8(27-6)21-2-1-7(22)20-11(21)25/h1-2,5-6,8H,3-4H2,(H,20,22,25). The van der Waals surface area contributed by atoms with Gasteiger partial charge >= 0.3 is 30.0 Å². The molecule has 156 valence electrons. The first-order valence-electron chi connectivity index (χ1n) is 7.27. The van der Waals surface area contributed by atoms with Gasteiger partial charge in [0.2, 0.25) is 0 Å². The van der Waals surface area contributed by atoms with Crippen LogP contribution in [0.5, 0.6) is 0 Å². The lowest BCUT2D eigenvalue weighted by atomic mass is 10.2. The summed E-state index contributed by atoms with van der Waals surface area (Å²) in [4.78, 5) is 46.4. The summed E-state index contributed by atoms with van der Waals surface area (Å²) in [5.41, 5.74) is -1.83. The van der Waals surface area contributed by atoms with Crippen LogP contribution in [0.2, 0.25) is 0 Å². The third-order valence-corrected chi connectivity index (χ3v) is 3.44. The van der Waals surface area contributed by atoms with E-state index in [1.54, 1.807) is 0 Å². The van der Waals surface area contributed by atoms with E-state index in [1.165, 1.54) is 0 Å². The van der Waals surface area contributed by atoms with E-state index in [0.29, 0.717) is 4.57 Å². The normalized spacial score (nSPS) is 22.7.